The van der Waals surface area contributed by atoms with Crippen molar-refractivity contribution in [2.75, 3.05) is 13.1 Å². The Kier molecular flexibility index (Phi) is 4.69. The molecule has 1 aromatic carbocycles. The van der Waals surface area contributed by atoms with Gasteiger partial charge in [0.25, 0.3) is 11.6 Å². The van der Waals surface area contributed by atoms with Gasteiger partial charge < -0.3 is 4.90 Å². The van der Waals surface area contributed by atoms with Crippen molar-refractivity contribution in [2.24, 2.45) is 0 Å². The van der Waals surface area contributed by atoms with E-state index < -0.39 is 28.3 Å². The van der Waals surface area contributed by atoms with Crippen molar-refractivity contribution in [3.05, 3.63) is 39.4 Å². The summed E-state index contributed by atoms with van der Waals surface area (Å²) >= 11 is 0. The van der Waals surface area contributed by atoms with Crippen molar-refractivity contribution < 1.29 is 22.9 Å². The van der Waals surface area contributed by atoms with Gasteiger partial charge in [0.1, 0.15) is 0 Å². The summed E-state index contributed by atoms with van der Waals surface area (Å²) in [6, 6.07) is 1.91. The van der Waals surface area contributed by atoms with Crippen LogP contribution >= 0.6 is 0 Å². The molecule has 8 heteroatoms. The number of nitrogens with zero attached hydrogens (tertiary/aromatic N) is 2. The van der Waals surface area contributed by atoms with Crippen LogP contribution in [0.25, 0.3) is 0 Å². The second kappa shape index (κ2) is 5.89. The second-order valence-corrected chi connectivity index (χ2v) is 4.00. The Labute approximate surface area is 113 Å². The van der Waals surface area contributed by atoms with Crippen LogP contribution in [0.3, 0.4) is 0 Å². The number of carbonyl (C=O) groups is 1. The lowest BCUT2D eigenvalue weighted by molar-refractivity contribution is -0.385. The van der Waals surface area contributed by atoms with E-state index in [4.69, 9.17) is 0 Å². The molecule has 0 aliphatic carbocycles. The van der Waals surface area contributed by atoms with E-state index in [-0.39, 0.29) is 5.56 Å². The van der Waals surface area contributed by atoms with Gasteiger partial charge in [0.05, 0.1) is 10.5 Å². The summed E-state index contributed by atoms with van der Waals surface area (Å²) in [6.45, 7) is 3.95. The van der Waals surface area contributed by atoms with Crippen molar-refractivity contribution in [2.45, 2.75) is 20.0 Å². The fraction of sp³-hybridized carbons (Fsp3) is 0.417. The van der Waals surface area contributed by atoms with Crippen molar-refractivity contribution in [3.8, 4) is 0 Å². The minimum absolute atomic E-state index is 0.305. The van der Waals surface area contributed by atoms with Crippen molar-refractivity contribution >= 4 is 11.6 Å². The molecule has 0 unspecified atom stereocenters. The molecule has 0 aromatic heterocycles. The molecule has 0 heterocycles. The number of hydrogen-bond donors (Lipinski definition) is 0. The monoisotopic (exact) mass is 290 g/mol. The third-order valence-electron chi connectivity index (χ3n) is 2.75. The molecule has 110 valence electrons. The van der Waals surface area contributed by atoms with Crippen LogP contribution in [0.2, 0.25) is 0 Å². The summed E-state index contributed by atoms with van der Waals surface area (Å²) in [5, 5.41) is 10.7. The molecule has 1 aromatic rings. The predicted octanol–water partition coefficient (Wildman–Crippen LogP) is 3.10. The van der Waals surface area contributed by atoms with Gasteiger partial charge in [-0.05, 0) is 19.9 Å². The summed E-state index contributed by atoms with van der Waals surface area (Å²) in [6.07, 6.45) is -4.75. The smallest absolute Gasteiger partial charge is 0.339 e. The quantitative estimate of drug-likeness (QED) is 0.632. The molecule has 0 aliphatic rings. The average molecular weight is 290 g/mol. The lowest BCUT2D eigenvalue weighted by atomic mass is 10.1. The highest BCUT2D eigenvalue weighted by atomic mass is 19.4. The largest absolute Gasteiger partial charge is 0.416 e. The number of rotatable bonds is 4. The first-order chi connectivity index (χ1) is 9.20. The first-order valence-corrected chi connectivity index (χ1v) is 5.86. The molecule has 0 aliphatic heterocycles. The van der Waals surface area contributed by atoms with Gasteiger partial charge in [-0.1, -0.05) is 0 Å². The number of benzene rings is 1. The Morgan fingerprint density at radius 2 is 1.80 bits per heavy atom. The third-order valence-corrected chi connectivity index (χ3v) is 2.75. The molecule has 0 saturated heterocycles. The number of halogens is 3. The van der Waals surface area contributed by atoms with E-state index in [1.54, 1.807) is 13.8 Å². The second-order valence-electron chi connectivity index (χ2n) is 4.00. The maximum Gasteiger partial charge on any atom is 0.416 e. The molecular weight excluding hydrogens is 277 g/mol. The molecule has 0 bridgehead atoms. The lowest BCUT2D eigenvalue weighted by Gasteiger charge is -2.19. The summed E-state index contributed by atoms with van der Waals surface area (Å²) < 4.78 is 38.1. The predicted molar refractivity (Wildman–Crippen MR) is 65.3 cm³/mol. The van der Waals surface area contributed by atoms with Gasteiger partial charge in [0, 0.05) is 30.8 Å². The van der Waals surface area contributed by atoms with E-state index in [0.717, 1.165) is 6.07 Å². The average Bonchev–Trinajstić information content (AvgIpc) is 2.38. The van der Waals surface area contributed by atoms with Gasteiger partial charge in [-0.15, -0.1) is 0 Å². The van der Waals surface area contributed by atoms with Gasteiger partial charge in [-0.3, -0.25) is 14.9 Å². The minimum Gasteiger partial charge on any atom is -0.339 e. The van der Waals surface area contributed by atoms with Gasteiger partial charge in [-0.2, -0.15) is 13.2 Å². The lowest BCUT2D eigenvalue weighted by Crippen LogP contribution is -2.30. The van der Waals surface area contributed by atoms with Crippen LogP contribution in [0.15, 0.2) is 18.2 Å². The van der Waals surface area contributed by atoms with Crippen LogP contribution in [-0.4, -0.2) is 28.8 Å². The van der Waals surface area contributed by atoms with Gasteiger partial charge in [-0.25, -0.2) is 0 Å². The Hall–Kier alpha value is -2.12. The van der Waals surface area contributed by atoms with E-state index in [9.17, 15) is 28.1 Å². The molecule has 0 radical (unpaired) electrons. The summed E-state index contributed by atoms with van der Waals surface area (Å²) in [7, 11) is 0. The van der Waals surface area contributed by atoms with Crippen molar-refractivity contribution in [1.82, 2.24) is 4.90 Å². The van der Waals surface area contributed by atoms with E-state index in [2.05, 4.69) is 0 Å². The Morgan fingerprint density at radius 1 is 1.25 bits per heavy atom. The zero-order valence-electron chi connectivity index (χ0n) is 10.9. The number of hydrogen-bond acceptors (Lipinski definition) is 3. The van der Waals surface area contributed by atoms with Gasteiger partial charge in [0.2, 0.25) is 0 Å². The zero-order valence-corrected chi connectivity index (χ0v) is 10.9. The maximum absolute atomic E-state index is 12.7. The van der Waals surface area contributed by atoms with Crippen LogP contribution in [0.5, 0.6) is 0 Å². The minimum atomic E-state index is -4.75. The molecule has 0 spiro atoms. The highest BCUT2D eigenvalue weighted by molar-refractivity contribution is 5.95. The normalized spacial score (nSPS) is 11.2. The highest BCUT2D eigenvalue weighted by Crippen LogP contribution is 2.32. The molecule has 20 heavy (non-hydrogen) atoms. The summed E-state index contributed by atoms with van der Waals surface area (Å²) in [4.78, 5) is 23.0. The summed E-state index contributed by atoms with van der Waals surface area (Å²) in [5.41, 5.74) is -2.30. The van der Waals surface area contributed by atoms with Gasteiger partial charge in [0.15, 0.2) is 0 Å². The number of amides is 1. The number of nitro benzene ring substituents is 1. The molecule has 1 amide bonds. The van der Waals surface area contributed by atoms with Crippen LogP contribution in [0, 0.1) is 10.1 Å². The SMILES string of the molecule is CCN(CC)C(=O)c1cc([N+](=O)[O-])cc(C(F)(F)F)c1. The fourth-order valence-electron chi connectivity index (χ4n) is 1.70. The first kappa shape index (κ1) is 15.9. The number of alkyl halides is 3. The first-order valence-electron chi connectivity index (χ1n) is 5.86. The Bertz CT molecular complexity index is 525. The van der Waals surface area contributed by atoms with Crippen LogP contribution in [0.1, 0.15) is 29.8 Å². The van der Waals surface area contributed by atoms with Crippen molar-refractivity contribution in [3.63, 3.8) is 0 Å². The van der Waals surface area contributed by atoms with Crippen molar-refractivity contribution in [1.29, 1.82) is 0 Å². The van der Waals surface area contributed by atoms with E-state index in [1.165, 1.54) is 4.90 Å². The standard InChI is InChI=1S/C12H13F3N2O3/c1-3-16(4-2)11(18)8-5-9(12(13,14)15)7-10(6-8)17(19)20/h5-7H,3-4H2,1-2H3. The van der Waals surface area contributed by atoms with Crippen LogP contribution in [0.4, 0.5) is 18.9 Å². The Balaban J connectivity index is 3.36. The molecular formula is C12H13F3N2O3. The molecule has 5 nitrogen and oxygen atoms in total. The topological polar surface area (TPSA) is 63.5 Å². The molecule has 1 rings (SSSR count). The fourth-order valence-corrected chi connectivity index (χ4v) is 1.70. The van der Waals surface area contributed by atoms with E-state index >= 15 is 0 Å². The molecule has 0 N–H and O–H groups in total. The summed E-state index contributed by atoms with van der Waals surface area (Å²) in [5.74, 6) is -0.663. The maximum atomic E-state index is 12.7. The van der Waals surface area contributed by atoms with Crippen LogP contribution in [-0.2, 0) is 6.18 Å². The van der Waals surface area contributed by atoms with Crippen LogP contribution < -0.4 is 0 Å². The van der Waals surface area contributed by atoms with E-state index in [0.29, 0.717) is 25.2 Å². The third kappa shape index (κ3) is 3.46. The van der Waals surface area contributed by atoms with E-state index in [1.807, 2.05) is 0 Å². The van der Waals surface area contributed by atoms with Gasteiger partial charge >= 0.3 is 6.18 Å². The Morgan fingerprint density at radius 3 is 2.20 bits per heavy atom. The molecule has 0 fully saturated rings. The molecule has 0 atom stereocenters. The zero-order chi connectivity index (χ0) is 15.5. The number of carbonyl (C=O) groups excluding carboxylic acids is 1. The number of non-ortho nitro benzene ring substituents is 1. The molecule has 0 saturated carbocycles. The number of nitro groups is 1. The highest BCUT2D eigenvalue weighted by Gasteiger charge is 2.33.